The molecule has 0 spiro atoms. The first-order chi connectivity index (χ1) is 14.1. The third-order valence-corrected chi connectivity index (χ3v) is 6.10. The van der Waals surface area contributed by atoms with Crippen molar-refractivity contribution in [2.75, 3.05) is 12.9 Å². The zero-order chi connectivity index (χ0) is 21.8. The molecule has 11 heteroatoms. The number of thioether (sulfide) groups is 1. The zero-order valence-electron chi connectivity index (χ0n) is 15.3. The van der Waals surface area contributed by atoms with Gasteiger partial charge in [-0.25, -0.2) is 13.6 Å². The van der Waals surface area contributed by atoms with Gasteiger partial charge in [-0.3, -0.25) is 14.3 Å². The summed E-state index contributed by atoms with van der Waals surface area (Å²) in [5.74, 6) is -1.99. The highest BCUT2D eigenvalue weighted by Gasteiger charge is 2.38. The fourth-order valence-corrected chi connectivity index (χ4v) is 4.81. The maximum Gasteiger partial charge on any atom is 0.417 e. The number of methoxy groups -OCH3 is 1. The summed E-state index contributed by atoms with van der Waals surface area (Å²) in [6, 6.07) is 2.84. The van der Waals surface area contributed by atoms with E-state index >= 15 is 0 Å². The Kier molecular flexibility index (Phi) is 4.97. The number of hydrogen-bond acceptors (Lipinski definition) is 4. The van der Waals surface area contributed by atoms with E-state index in [1.54, 1.807) is 0 Å². The lowest BCUT2D eigenvalue weighted by atomic mass is 9.96. The van der Waals surface area contributed by atoms with Crippen molar-refractivity contribution in [1.82, 2.24) is 9.55 Å². The molecule has 1 aliphatic heterocycles. The van der Waals surface area contributed by atoms with Crippen LogP contribution in [-0.4, -0.2) is 28.5 Å². The van der Waals surface area contributed by atoms with Crippen LogP contribution in [0.1, 0.15) is 5.56 Å². The Bertz CT molecular complexity index is 1280. The van der Waals surface area contributed by atoms with Crippen LogP contribution >= 0.6 is 11.8 Å². The summed E-state index contributed by atoms with van der Waals surface area (Å²) in [4.78, 5) is 26.7. The number of aromatic nitrogens is 2. The van der Waals surface area contributed by atoms with Crippen molar-refractivity contribution in [2.45, 2.75) is 23.7 Å². The second-order valence-corrected chi connectivity index (χ2v) is 7.72. The molecule has 0 unspecified atom stereocenters. The van der Waals surface area contributed by atoms with Crippen LogP contribution in [0.25, 0.3) is 22.0 Å². The summed E-state index contributed by atoms with van der Waals surface area (Å²) in [6.45, 7) is -0.0146. The van der Waals surface area contributed by atoms with E-state index in [2.05, 4.69) is 0 Å². The Morgan fingerprint density at radius 2 is 1.93 bits per heavy atom. The van der Waals surface area contributed by atoms with E-state index in [0.29, 0.717) is 12.1 Å². The summed E-state index contributed by atoms with van der Waals surface area (Å²) >= 11 is 0.919. The van der Waals surface area contributed by atoms with Gasteiger partial charge in [0.05, 0.1) is 29.1 Å². The number of nitrogens with one attached hydrogen (secondary N) is 1. The van der Waals surface area contributed by atoms with Crippen molar-refractivity contribution in [1.29, 1.82) is 0 Å². The van der Waals surface area contributed by atoms with E-state index in [-0.39, 0.29) is 28.1 Å². The number of halogens is 5. The van der Waals surface area contributed by atoms with Gasteiger partial charge in [-0.15, -0.1) is 11.8 Å². The Balaban J connectivity index is 2.22. The molecule has 4 rings (SSSR count). The predicted molar refractivity (Wildman–Crippen MR) is 101 cm³/mol. The van der Waals surface area contributed by atoms with Crippen molar-refractivity contribution in [3.63, 3.8) is 0 Å². The average molecular weight is 444 g/mol. The molecule has 0 saturated carbocycles. The Labute approximate surface area is 169 Å². The van der Waals surface area contributed by atoms with Crippen molar-refractivity contribution >= 4 is 22.7 Å². The lowest BCUT2D eigenvalue weighted by Gasteiger charge is -2.20. The summed E-state index contributed by atoms with van der Waals surface area (Å²) in [5.41, 5.74) is -4.13. The molecule has 1 aliphatic rings. The van der Waals surface area contributed by atoms with Crippen molar-refractivity contribution < 1.29 is 26.7 Å². The van der Waals surface area contributed by atoms with E-state index in [0.717, 1.165) is 28.5 Å². The fraction of sp³-hybridized carbons (Fsp3) is 0.263. The topological polar surface area (TPSA) is 64.1 Å². The van der Waals surface area contributed by atoms with E-state index in [1.807, 2.05) is 4.98 Å². The van der Waals surface area contributed by atoms with E-state index in [1.165, 1.54) is 7.11 Å². The summed E-state index contributed by atoms with van der Waals surface area (Å²) < 4.78 is 76.2. The van der Waals surface area contributed by atoms with Crippen LogP contribution in [0.3, 0.4) is 0 Å². The molecule has 1 atom stereocenters. The number of rotatable bonds is 2. The highest BCUT2D eigenvalue weighted by molar-refractivity contribution is 7.99. The molecule has 1 aromatic heterocycles. The highest BCUT2D eigenvalue weighted by Crippen LogP contribution is 2.47. The molecule has 30 heavy (non-hydrogen) atoms. The molecular weight excluding hydrogens is 431 g/mol. The molecule has 5 nitrogen and oxygen atoms in total. The van der Waals surface area contributed by atoms with Crippen LogP contribution < -0.4 is 11.2 Å². The lowest BCUT2D eigenvalue weighted by molar-refractivity contribution is -0.137. The van der Waals surface area contributed by atoms with Crippen LogP contribution in [0.4, 0.5) is 22.0 Å². The SMILES string of the molecule is CO[C@@H]1CSc2c(-c3ccc(F)cc3F)c(C(F)(F)F)cc3c(=O)[nH]c(=O)n(c23)C1. The molecule has 0 fully saturated rings. The van der Waals surface area contributed by atoms with Crippen LogP contribution in [-0.2, 0) is 17.5 Å². The zero-order valence-corrected chi connectivity index (χ0v) is 16.1. The van der Waals surface area contributed by atoms with Gasteiger partial charge in [-0.1, -0.05) is 0 Å². The van der Waals surface area contributed by atoms with Crippen molar-refractivity contribution in [3.05, 3.63) is 62.3 Å². The second kappa shape index (κ2) is 7.24. The highest BCUT2D eigenvalue weighted by atomic mass is 32.2. The van der Waals surface area contributed by atoms with Crippen LogP contribution in [0.15, 0.2) is 38.8 Å². The molecular formula is C19H13F5N2O3S. The predicted octanol–water partition coefficient (Wildman–Crippen LogP) is 3.77. The Morgan fingerprint density at radius 3 is 2.57 bits per heavy atom. The molecule has 0 amide bonds. The molecule has 0 radical (unpaired) electrons. The number of aromatic amines is 1. The molecule has 158 valence electrons. The molecule has 2 aromatic carbocycles. The van der Waals surface area contributed by atoms with Gasteiger partial charge < -0.3 is 4.74 Å². The standard InChI is InChI=1S/C19H13F5N2O3S/c1-29-9-6-26-15-11(17(27)25-18(26)28)5-12(19(22,23)24)14(16(15)30-7-9)10-3-2-8(20)4-13(10)21/h2-5,9H,6-7H2,1H3,(H,25,27,28)/t9-/m0/s1. The number of ether oxygens (including phenoxy) is 1. The minimum Gasteiger partial charge on any atom is -0.379 e. The molecule has 2 heterocycles. The van der Waals surface area contributed by atoms with Gasteiger partial charge in [0.25, 0.3) is 5.56 Å². The molecule has 0 saturated heterocycles. The number of nitrogens with zero attached hydrogens (tertiary/aromatic N) is 1. The van der Waals surface area contributed by atoms with Crippen LogP contribution in [0.5, 0.6) is 0 Å². The third-order valence-electron chi connectivity index (χ3n) is 4.87. The Morgan fingerprint density at radius 1 is 1.20 bits per heavy atom. The molecule has 1 N–H and O–H groups in total. The smallest absolute Gasteiger partial charge is 0.379 e. The van der Waals surface area contributed by atoms with Gasteiger partial charge in [-0.05, 0) is 18.2 Å². The van der Waals surface area contributed by atoms with E-state index in [9.17, 15) is 31.5 Å². The van der Waals surface area contributed by atoms with Gasteiger partial charge in [0.2, 0.25) is 0 Å². The van der Waals surface area contributed by atoms with Gasteiger partial charge >= 0.3 is 11.9 Å². The second-order valence-electron chi connectivity index (χ2n) is 6.68. The average Bonchev–Trinajstić information content (AvgIpc) is 2.86. The van der Waals surface area contributed by atoms with Gasteiger partial charge in [0, 0.05) is 35.0 Å². The first-order valence-corrected chi connectivity index (χ1v) is 9.62. The molecule has 0 bridgehead atoms. The van der Waals surface area contributed by atoms with Gasteiger partial charge in [-0.2, -0.15) is 13.2 Å². The number of alkyl halides is 3. The summed E-state index contributed by atoms with van der Waals surface area (Å²) in [6.07, 6.45) is -5.49. The molecule has 0 aliphatic carbocycles. The van der Waals surface area contributed by atoms with Gasteiger partial charge in [0.1, 0.15) is 11.6 Å². The minimum absolute atomic E-state index is 0.0146. The maximum atomic E-state index is 14.6. The lowest BCUT2D eigenvalue weighted by Crippen LogP contribution is -2.34. The third kappa shape index (κ3) is 3.31. The maximum absolute atomic E-state index is 14.6. The number of hydrogen-bond donors (Lipinski definition) is 1. The Hall–Kier alpha value is -2.66. The van der Waals surface area contributed by atoms with Crippen LogP contribution in [0, 0.1) is 11.6 Å². The molecule has 3 aromatic rings. The number of benzene rings is 2. The first-order valence-electron chi connectivity index (χ1n) is 8.64. The van der Waals surface area contributed by atoms with Crippen molar-refractivity contribution in [2.24, 2.45) is 0 Å². The quantitative estimate of drug-likeness (QED) is 0.612. The summed E-state index contributed by atoms with van der Waals surface area (Å²) in [7, 11) is 1.39. The minimum atomic E-state index is -4.94. The van der Waals surface area contributed by atoms with E-state index < -0.39 is 51.9 Å². The normalized spacial score (nSPS) is 16.7. The monoisotopic (exact) mass is 444 g/mol. The number of H-pyrrole nitrogens is 1. The van der Waals surface area contributed by atoms with Gasteiger partial charge in [0.15, 0.2) is 0 Å². The largest absolute Gasteiger partial charge is 0.417 e. The first kappa shape index (κ1) is 20.6. The van der Waals surface area contributed by atoms with Crippen LogP contribution in [0.2, 0.25) is 0 Å². The van der Waals surface area contributed by atoms with Crippen molar-refractivity contribution in [3.8, 4) is 11.1 Å². The fourth-order valence-electron chi connectivity index (χ4n) is 3.50. The van der Waals surface area contributed by atoms with E-state index in [4.69, 9.17) is 4.74 Å². The summed E-state index contributed by atoms with van der Waals surface area (Å²) in [5, 5.41) is -0.354.